The molecular formula is C14H29NO3SSi. The van der Waals surface area contributed by atoms with E-state index in [1.807, 2.05) is 0 Å². The molecule has 118 valence electrons. The smallest absolute Gasteiger partial charge is 0.211 e. The van der Waals surface area contributed by atoms with E-state index in [4.69, 9.17) is 4.43 Å². The van der Waals surface area contributed by atoms with Crippen molar-refractivity contribution in [2.24, 2.45) is 5.92 Å². The highest BCUT2D eigenvalue weighted by Crippen LogP contribution is 2.44. The average Bonchev–Trinajstić information content (AvgIpc) is 2.97. The molecule has 1 saturated carbocycles. The first kappa shape index (κ1) is 16.5. The maximum atomic E-state index is 12.0. The minimum atomic E-state index is -3.11. The minimum absolute atomic E-state index is 0.0798. The molecule has 0 N–H and O–H groups in total. The maximum Gasteiger partial charge on any atom is 0.211 e. The van der Waals surface area contributed by atoms with E-state index in [0.717, 1.165) is 6.42 Å². The Bertz CT molecular complexity index is 465. The molecule has 20 heavy (non-hydrogen) atoms. The normalized spacial score (nSPS) is 29.9. The van der Waals surface area contributed by atoms with Crippen LogP contribution in [0.25, 0.3) is 0 Å². The lowest BCUT2D eigenvalue weighted by molar-refractivity contribution is 0.193. The standard InChI is InChI=1S/C14H29NO3SSi/c1-14(2,3)20(5,6)18-12-9-13(11-7-8-11)15(10-12)19(4,16)17/h11-13H,7-10H2,1-6H3/t12-,13?/m1/s1. The fourth-order valence-electron chi connectivity index (χ4n) is 2.77. The van der Waals surface area contributed by atoms with Gasteiger partial charge in [-0.2, -0.15) is 4.31 Å². The molecule has 0 amide bonds. The minimum Gasteiger partial charge on any atom is -0.413 e. The number of hydrogen-bond donors (Lipinski definition) is 0. The highest BCUT2D eigenvalue weighted by molar-refractivity contribution is 7.88. The van der Waals surface area contributed by atoms with Crippen LogP contribution in [0.3, 0.4) is 0 Å². The first-order chi connectivity index (χ1) is 8.92. The summed E-state index contributed by atoms with van der Waals surface area (Å²) >= 11 is 0. The van der Waals surface area contributed by atoms with Gasteiger partial charge in [0.25, 0.3) is 0 Å². The van der Waals surface area contributed by atoms with Crippen LogP contribution < -0.4 is 0 Å². The zero-order valence-electron chi connectivity index (χ0n) is 13.6. The molecular weight excluding hydrogens is 290 g/mol. The Kier molecular flexibility index (Phi) is 4.17. The molecule has 2 fully saturated rings. The molecule has 2 atom stereocenters. The van der Waals surface area contributed by atoms with E-state index in [0.29, 0.717) is 12.5 Å². The van der Waals surface area contributed by atoms with E-state index in [9.17, 15) is 8.42 Å². The van der Waals surface area contributed by atoms with Crippen molar-refractivity contribution in [1.82, 2.24) is 4.31 Å². The molecule has 1 unspecified atom stereocenters. The summed E-state index contributed by atoms with van der Waals surface area (Å²) in [7, 11) is -4.94. The summed E-state index contributed by atoms with van der Waals surface area (Å²) < 4.78 is 32.1. The van der Waals surface area contributed by atoms with Gasteiger partial charge >= 0.3 is 0 Å². The average molecular weight is 320 g/mol. The number of hydrogen-bond acceptors (Lipinski definition) is 3. The molecule has 0 aromatic heterocycles. The van der Waals surface area contributed by atoms with Crippen molar-refractivity contribution in [3.63, 3.8) is 0 Å². The summed E-state index contributed by atoms with van der Waals surface area (Å²) in [5.41, 5.74) is 0. The monoisotopic (exact) mass is 319 g/mol. The van der Waals surface area contributed by atoms with Gasteiger partial charge in [-0.1, -0.05) is 20.8 Å². The first-order valence-electron chi connectivity index (χ1n) is 7.56. The second kappa shape index (κ2) is 5.07. The van der Waals surface area contributed by atoms with Crippen LogP contribution in [0.5, 0.6) is 0 Å². The second-order valence-electron chi connectivity index (χ2n) is 7.97. The molecule has 4 nitrogen and oxygen atoms in total. The summed E-state index contributed by atoms with van der Waals surface area (Å²) in [6.45, 7) is 11.7. The van der Waals surface area contributed by atoms with Crippen LogP contribution in [0, 0.1) is 5.92 Å². The van der Waals surface area contributed by atoms with Gasteiger partial charge < -0.3 is 4.43 Å². The van der Waals surface area contributed by atoms with Crippen molar-refractivity contribution in [1.29, 1.82) is 0 Å². The van der Waals surface area contributed by atoms with Gasteiger partial charge in [0.2, 0.25) is 10.0 Å². The van der Waals surface area contributed by atoms with Crippen LogP contribution in [-0.2, 0) is 14.4 Å². The predicted molar refractivity (Wildman–Crippen MR) is 84.7 cm³/mol. The zero-order valence-corrected chi connectivity index (χ0v) is 15.5. The quantitative estimate of drug-likeness (QED) is 0.749. The molecule has 1 heterocycles. The van der Waals surface area contributed by atoms with E-state index in [-0.39, 0.29) is 17.2 Å². The van der Waals surface area contributed by atoms with Crippen molar-refractivity contribution >= 4 is 18.3 Å². The van der Waals surface area contributed by atoms with Gasteiger partial charge in [-0.3, -0.25) is 0 Å². The summed E-state index contributed by atoms with van der Waals surface area (Å²) in [4.78, 5) is 0. The molecule has 6 heteroatoms. The molecule has 2 rings (SSSR count). The van der Waals surface area contributed by atoms with Gasteiger partial charge in [-0.25, -0.2) is 8.42 Å². The van der Waals surface area contributed by atoms with Crippen molar-refractivity contribution in [2.75, 3.05) is 12.8 Å². The van der Waals surface area contributed by atoms with E-state index in [1.165, 1.54) is 19.1 Å². The van der Waals surface area contributed by atoms with E-state index >= 15 is 0 Å². The number of nitrogens with zero attached hydrogens (tertiary/aromatic N) is 1. The van der Waals surface area contributed by atoms with Crippen LogP contribution >= 0.6 is 0 Å². The predicted octanol–water partition coefficient (Wildman–Crippen LogP) is 2.82. The Morgan fingerprint density at radius 3 is 2.15 bits per heavy atom. The Hall–Kier alpha value is 0.0869. The highest BCUT2D eigenvalue weighted by Gasteiger charge is 2.48. The summed E-state index contributed by atoms with van der Waals surface area (Å²) in [6, 6.07) is 0.180. The summed E-state index contributed by atoms with van der Waals surface area (Å²) in [5, 5.41) is 0.167. The number of rotatable bonds is 4. The Balaban J connectivity index is 2.09. The van der Waals surface area contributed by atoms with Gasteiger partial charge in [0.1, 0.15) is 0 Å². The van der Waals surface area contributed by atoms with Crippen molar-refractivity contribution < 1.29 is 12.8 Å². The maximum absolute atomic E-state index is 12.0. The van der Waals surface area contributed by atoms with Crippen molar-refractivity contribution in [3.05, 3.63) is 0 Å². The third kappa shape index (κ3) is 3.46. The molecule has 0 radical (unpaired) electrons. The Labute approximate surface area is 125 Å². The lowest BCUT2D eigenvalue weighted by Crippen LogP contribution is -2.44. The van der Waals surface area contributed by atoms with Crippen LogP contribution in [0.1, 0.15) is 40.0 Å². The first-order valence-corrected chi connectivity index (χ1v) is 12.3. The molecule has 1 aliphatic heterocycles. The van der Waals surface area contributed by atoms with E-state index in [2.05, 4.69) is 33.9 Å². The third-order valence-electron chi connectivity index (χ3n) is 5.12. The van der Waals surface area contributed by atoms with Gasteiger partial charge in [0.15, 0.2) is 8.32 Å². The zero-order chi connectivity index (χ0) is 15.3. The van der Waals surface area contributed by atoms with Gasteiger partial charge in [0, 0.05) is 12.6 Å². The van der Waals surface area contributed by atoms with Gasteiger partial charge in [0.05, 0.1) is 12.4 Å². The topological polar surface area (TPSA) is 46.6 Å². The summed E-state index contributed by atoms with van der Waals surface area (Å²) in [5.74, 6) is 0.567. The van der Waals surface area contributed by atoms with Gasteiger partial charge in [-0.05, 0) is 43.3 Å². The number of sulfonamides is 1. The molecule has 0 aromatic carbocycles. The molecule has 1 saturated heterocycles. The third-order valence-corrected chi connectivity index (χ3v) is 10.9. The van der Waals surface area contributed by atoms with E-state index in [1.54, 1.807) is 4.31 Å². The fraction of sp³-hybridized carbons (Fsp3) is 1.00. The van der Waals surface area contributed by atoms with E-state index < -0.39 is 18.3 Å². The van der Waals surface area contributed by atoms with Crippen LogP contribution in [0.2, 0.25) is 18.1 Å². The highest BCUT2D eigenvalue weighted by atomic mass is 32.2. The molecule has 0 bridgehead atoms. The van der Waals surface area contributed by atoms with Crippen LogP contribution in [0.4, 0.5) is 0 Å². The molecule has 0 aromatic rings. The fourth-order valence-corrected chi connectivity index (χ4v) is 5.31. The van der Waals surface area contributed by atoms with Crippen molar-refractivity contribution in [3.8, 4) is 0 Å². The molecule has 1 aliphatic carbocycles. The Morgan fingerprint density at radius 1 is 1.20 bits per heavy atom. The lowest BCUT2D eigenvalue weighted by Gasteiger charge is -2.38. The molecule has 0 spiro atoms. The largest absolute Gasteiger partial charge is 0.413 e. The van der Waals surface area contributed by atoms with Crippen molar-refractivity contribution in [2.45, 2.75) is 70.3 Å². The van der Waals surface area contributed by atoms with Gasteiger partial charge in [-0.15, -0.1) is 0 Å². The Morgan fingerprint density at radius 2 is 1.75 bits per heavy atom. The van der Waals surface area contributed by atoms with Crippen LogP contribution in [-0.4, -0.2) is 46.0 Å². The SMILES string of the molecule is CC(C)(C)[Si](C)(C)O[C@@H]1CC(C2CC2)N(S(C)(=O)=O)C1. The lowest BCUT2D eigenvalue weighted by atomic mass is 10.1. The second-order valence-corrected chi connectivity index (χ2v) is 14.7. The molecule has 2 aliphatic rings. The summed E-state index contributed by atoms with van der Waals surface area (Å²) in [6.07, 6.45) is 4.63. The van der Waals surface area contributed by atoms with Crippen LogP contribution in [0.15, 0.2) is 0 Å².